The molecule has 1 fully saturated rings. The summed E-state index contributed by atoms with van der Waals surface area (Å²) in [7, 11) is 1.33. The molecule has 0 radical (unpaired) electrons. The number of rotatable bonds is 6. The summed E-state index contributed by atoms with van der Waals surface area (Å²) in [6, 6.07) is 11.3. The normalized spacial score (nSPS) is 17.4. The molecule has 0 atom stereocenters. The van der Waals surface area contributed by atoms with Gasteiger partial charge in [-0.1, -0.05) is 6.07 Å². The lowest BCUT2D eigenvalue weighted by Crippen LogP contribution is -2.23. The van der Waals surface area contributed by atoms with Crippen LogP contribution >= 0.6 is 0 Å². The lowest BCUT2D eigenvalue weighted by Gasteiger charge is -2.15. The lowest BCUT2D eigenvalue weighted by molar-refractivity contribution is -0.130. The van der Waals surface area contributed by atoms with Gasteiger partial charge in [0.2, 0.25) is 11.8 Å². The van der Waals surface area contributed by atoms with E-state index >= 15 is 0 Å². The Morgan fingerprint density at radius 3 is 2.55 bits per heavy atom. The van der Waals surface area contributed by atoms with Crippen molar-refractivity contribution in [1.82, 2.24) is 0 Å². The van der Waals surface area contributed by atoms with Gasteiger partial charge in [-0.05, 0) is 54.5 Å². The summed E-state index contributed by atoms with van der Waals surface area (Å²) in [6.07, 6.45) is 2.77. The number of methoxy groups -OCH3 is 1. The van der Waals surface area contributed by atoms with Crippen LogP contribution in [0.1, 0.15) is 24.0 Å². The van der Waals surface area contributed by atoms with E-state index in [1.165, 1.54) is 25.3 Å². The van der Waals surface area contributed by atoms with Gasteiger partial charge in [0.15, 0.2) is 17.2 Å². The van der Waals surface area contributed by atoms with Crippen molar-refractivity contribution in [1.29, 1.82) is 0 Å². The SMILES string of the molecule is COc1ccc(C=C2N=C(c3ccc(N4CCCC4=O)cc3)OC2=O)cc1OC(F)F. The average molecular weight is 428 g/mol. The van der Waals surface area contributed by atoms with Crippen molar-refractivity contribution in [2.45, 2.75) is 19.5 Å². The summed E-state index contributed by atoms with van der Waals surface area (Å²) in [5, 5.41) is 0. The Balaban J connectivity index is 1.57. The highest BCUT2D eigenvalue weighted by Gasteiger charge is 2.26. The molecule has 2 aromatic rings. The van der Waals surface area contributed by atoms with Crippen molar-refractivity contribution < 1.29 is 32.6 Å². The van der Waals surface area contributed by atoms with E-state index in [4.69, 9.17) is 9.47 Å². The smallest absolute Gasteiger partial charge is 0.387 e. The second-order valence-corrected chi connectivity index (χ2v) is 6.82. The second-order valence-electron chi connectivity index (χ2n) is 6.82. The second kappa shape index (κ2) is 8.55. The zero-order valence-electron chi connectivity index (χ0n) is 16.5. The van der Waals surface area contributed by atoms with E-state index in [0.717, 1.165) is 12.1 Å². The third-order valence-corrected chi connectivity index (χ3v) is 4.83. The van der Waals surface area contributed by atoms with Crippen LogP contribution in [0.15, 0.2) is 53.2 Å². The minimum atomic E-state index is -3.02. The van der Waals surface area contributed by atoms with E-state index in [9.17, 15) is 18.4 Å². The molecular formula is C22H18F2N2O5. The number of amides is 1. The molecule has 9 heteroatoms. The lowest BCUT2D eigenvalue weighted by atomic mass is 10.1. The van der Waals surface area contributed by atoms with Gasteiger partial charge in [-0.15, -0.1) is 0 Å². The molecule has 2 heterocycles. The molecule has 4 rings (SSSR count). The molecule has 1 amide bonds. The average Bonchev–Trinajstić information content (AvgIpc) is 3.33. The molecule has 0 spiro atoms. The van der Waals surface area contributed by atoms with E-state index in [-0.39, 0.29) is 29.0 Å². The van der Waals surface area contributed by atoms with Crippen LogP contribution in [0.3, 0.4) is 0 Å². The number of hydrogen-bond donors (Lipinski definition) is 0. The minimum absolute atomic E-state index is 0.0157. The zero-order valence-corrected chi connectivity index (χ0v) is 16.5. The standard InChI is InChI=1S/C22H18F2N2O5/c1-29-17-9-4-13(12-18(17)30-22(23)24)11-16-21(28)31-20(25-16)14-5-7-15(8-6-14)26-10-2-3-19(26)27/h4-9,11-12,22H,2-3,10H2,1H3. The maximum Gasteiger partial charge on any atom is 0.387 e. The number of nitrogens with zero attached hydrogens (tertiary/aromatic N) is 2. The van der Waals surface area contributed by atoms with Crippen molar-refractivity contribution in [3.8, 4) is 11.5 Å². The largest absolute Gasteiger partial charge is 0.493 e. The van der Waals surface area contributed by atoms with Crippen LogP contribution < -0.4 is 14.4 Å². The summed E-state index contributed by atoms with van der Waals surface area (Å²) in [5.74, 6) is -0.488. The molecule has 0 unspecified atom stereocenters. The fourth-order valence-electron chi connectivity index (χ4n) is 3.37. The van der Waals surface area contributed by atoms with Crippen molar-refractivity contribution in [3.63, 3.8) is 0 Å². The van der Waals surface area contributed by atoms with Crippen LogP contribution in [0.25, 0.3) is 6.08 Å². The van der Waals surface area contributed by atoms with E-state index in [0.29, 0.717) is 24.1 Å². The van der Waals surface area contributed by atoms with E-state index in [1.54, 1.807) is 35.2 Å². The molecule has 0 bridgehead atoms. The zero-order chi connectivity index (χ0) is 22.0. The molecule has 2 aliphatic heterocycles. The van der Waals surface area contributed by atoms with Crippen LogP contribution in [-0.2, 0) is 14.3 Å². The molecule has 2 aromatic carbocycles. The van der Waals surface area contributed by atoms with Crippen LogP contribution in [0.4, 0.5) is 14.5 Å². The highest BCUT2D eigenvalue weighted by atomic mass is 19.3. The van der Waals surface area contributed by atoms with Gasteiger partial charge in [0.1, 0.15) is 0 Å². The van der Waals surface area contributed by atoms with Crippen LogP contribution in [0.5, 0.6) is 11.5 Å². The van der Waals surface area contributed by atoms with E-state index in [1.807, 2.05) is 0 Å². The first-order chi connectivity index (χ1) is 14.9. The Labute approximate surface area is 176 Å². The Morgan fingerprint density at radius 1 is 1.13 bits per heavy atom. The monoisotopic (exact) mass is 428 g/mol. The number of ether oxygens (including phenoxy) is 3. The Kier molecular flexibility index (Phi) is 5.66. The number of alkyl halides is 2. The van der Waals surface area contributed by atoms with Crippen molar-refractivity contribution >= 4 is 29.5 Å². The first kappa shape index (κ1) is 20.5. The molecule has 0 saturated carbocycles. The third-order valence-electron chi connectivity index (χ3n) is 4.83. The van der Waals surface area contributed by atoms with Gasteiger partial charge < -0.3 is 19.1 Å². The fraction of sp³-hybridized carbons (Fsp3) is 0.227. The number of carbonyl (C=O) groups excluding carboxylic acids is 2. The molecule has 0 aromatic heterocycles. The third kappa shape index (κ3) is 4.40. The predicted molar refractivity (Wildman–Crippen MR) is 108 cm³/mol. The molecule has 31 heavy (non-hydrogen) atoms. The molecule has 160 valence electrons. The molecular weight excluding hydrogens is 410 g/mol. The van der Waals surface area contributed by atoms with Gasteiger partial charge >= 0.3 is 12.6 Å². The highest BCUT2D eigenvalue weighted by Crippen LogP contribution is 2.31. The van der Waals surface area contributed by atoms with E-state index in [2.05, 4.69) is 9.73 Å². The number of cyclic esters (lactones) is 1. The number of benzene rings is 2. The first-order valence-corrected chi connectivity index (χ1v) is 9.51. The van der Waals surface area contributed by atoms with Gasteiger partial charge in [-0.2, -0.15) is 8.78 Å². The molecule has 1 saturated heterocycles. The summed E-state index contributed by atoms with van der Waals surface area (Å²) < 4.78 is 39.9. The van der Waals surface area contributed by atoms with Gasteiger partial charge in [0, 0.05) is 24.2 Å². The molecule has 0 N–H and O–H groups in total. The Bertz CT molecular complexity index is 1080. The number of halogens is 2. The van der Waals surface area contributed by atoms with Gasteiger partial charge in [0.25, 0.3) is 0 Å². The molecule has 7 nitrogen and oxygen atoms in total. The molecule has 0 aliphatic carbocycles. The van der Waals surface area contributed by atoms with Crippen LogP contribution in [-0.4, -0.2) is 38.0 Å². The quantitative estimate of drug-likeness (QED) is 0.517. The number of hydrogen-bond acceptors (Lipinski definition) is 6. The first-order valence-electron chi connectivity index (χ1n) is 9.51. The topological polar surface area (TPSA) is 77.4 Å². The van der Waals surface area contributed by atoms with Gasteiger partial charge in [-0.25, -0.2) is 9.79 Å². The molecule has 2 aliphatic rings. The van der Waals surface area contributed by atoms with Crippen molar-refractivity contribution in [2.75, 3.05) is 18.6 Å². The van der Waals surface area contributed by atoms with Gasteiger partial charge in [-0.3, -0.25) is 4.79 Å². The number of anilines is 1. The predicted octanol–water partition coefficient (Wildman–Crippen LogP) is 3.77. The maximum atomic E-state index is 12.6. The number of aliphatic imine (C=N–C) groups is 1. The summed E-state index contributed by atoms with van der Waals surface area (Å²) in [4.78, 5) is 30.0. The number of esters is 1. The van der Waals surface area contributed by atoms with Crippen molar-refractivity contribution in [2.24, 2.45) is 4.99 Å². The Morgan fingerprint density at radius 2 is 1.90 bits per heavy atom. The fourth-order valence-corrected chi connectivity index (χ4v) is 3.37. The van der Waals surface area contributed by atoms with E-state index < -0.39 is 12.6 Å². The number of carbonyl (C=O) groups is 2. The maximum absolute atomic E-state index is 12.6. The summed E-state index contributed by atoms with van der Waals surface area (Å²) >= 11 is 0. The summed E-state index contributed by atoms with van der Waals surface area (Å²) in [6.45, 7) is -2.34. The van der Waals surface area contributed by atoms with Gasteiger partial charge in [0.05, 0.1) is 7.11 Å². The van der Waals surface area contributed by atoms with Crippen LogP contribution in [0.2, 0.25) is 0 Å². The highest BCUT2D eigenvalue weighted by molar-refractivity contribution is 6.13. The van der Waals surface area contributed by atoms with Crippen molar-refractivity contribution in [3.05, 3.63) is 59.3 Å². The minimum Gasteiger partial charge on any atom is -0.493 e. The summed E-state index contributed by atoms with van der Waals surface area (Å²) in [5.41, 5.74) is 1.78. The van der Waals surface area contributed by atoms with Crippen LogP contribution in [0, 0.1) is 0 Å². The Hall–Kier alpha value is -3.75.